The van der Waals surface area contributed by atoms with Crippen LogP contribution in [0.5, 0.6) is 5.75 Å². The van der Waals surface area contributed by atoms with Gasteiger partial charge in [-0.1, -0.05) is 24.3 Å². The van der Waals surface area contributed by atoms with Gasteiger partial charge in [-0.15, -0.1) is 5.10 Å². The van der Waals surface area contributed by atoms with Gasteiger partial charge in [0.2, 0.25) is 5.82 Å². The number of ketones is 1. The molecule has 0 spiro atoms. The normalized spacial score (nSPS) is 15.3. The Morgan fingerprint density at radius 1 is 1.24 bits per heavy atom. The second-order valence-electron chi connectivity index (χ2n) is 8.10. The highest BCUT2D eigenvalue weighted by molar-refractivity contribution is 6.02. The molecular formula is C24H24FN5O4. The number of nitrogens with zero attached hydrogens (tertiary/aromatic N) is 4. The van der Waals surface area contributed by atoms with Crippen LogP contribution < -0.4 is 15.0 Å². The minimum atomic E-state index is -0.955. The first-order valence-electron chi connectivity index (χ1n) is 10.8. The summed E-state index contributed by atoms with van der Waals surface area (Å²) in [5, 5.41) is 6.72. The average molecular weight is 465 g/mol. The predicted octanol–water partition coefficient (Wildman–Crippen LogP) is 2.14. The first-order valence-corrected chi connectivity index (χ1v) is 10.8. The number of rotatable bonds is 7. The van der Waals surface area contributed by atoms with E-state index in [1.807, 2.05) is 12.1 Å². The molecule has 2 aromatic carbocycles. The number of likely N-dealkylation sites (N-methyl/N-ethyl adjacent to an activating group) is 1. The Hall–Kier alpha value is -4.08. The zero-order chi connectivity index (χ0) is 24.2. The van der Waals surface area contributed by atoms with Crippen LogP contribution in [0, 0.1) is 5.82 Å². The Morgan fingerprint density at radius 3 is 2.79 bits per heavy atom. The Balaban J connectivity index is 1.43. The number of Topliss-reactive ketones (excluding diaryl/α,β-unsaturated/α-hetero) is 1. The molecule has 1 atom stereocenters. The largest absolute Gasteiger partial charge is 0.489 e. The van der Waals surface area contributed by atoms with Gasteiger partial charge in [0, 0.05) is 19.0 Å². The summed E-state index contributed by atoms with van der Waals surface area (Å²) in [6.07, 6.45) is 2.30. The number of carbonyl (C=O) groups is 3. The Kier molecular flexibility index (Phi) is 6.67. The lowest BCUT2D eigenvalue weighted by Crippen LogP contribution is -2.49. The molecule has 3 aromatic rings. The van der Waals surface area contributed by atoms with E-state index in [1.165, 1.54) is 28.9 Å². The van der Waals surface area contributed by atoms with Gasteiger partial charge in [0.1, 0.15) is 36.3 Å². The van der Waals surface area contributed by atoms with Crippen molar-refractivity contribution in [1.29, 1.82) is 0 Å². The molecule has 2 amide bonds. The smallest absolute Gasteiger partial charge is 0.291 e. The van der Waals surface area contributed by atoms with Crippen molar-refractivity contribution in [2.45, 2.75) is 32.4 Å². The topological polar surface area (TPSA) is 106 Å². The van der Waals surface area contributed by atoms with Gasteiger partial charge in [-0.25, -0.2) is 14.1 Å². The molecule has 1 unspecified atom stereocenters. The molecule has 9 nitrogen and oxygen atoms in total. The summed E-state index contributed by atoms with van der Waals surface area (Å²) >= 11 is 0. The van der Waals surface area contributed by atoms with Gasteiger partial charge in [0.05, 0.1) is 12.2 Å². The molecule has 0 fully saturated rings. The molecule has 1 N–H and O–H groups in total. The van der Waals surface area contributed by atoms with Crippen molar-refractivity contribution in [2.24, 2.45) is 0 Å². The summed E-state index contributed by atoms with van der Waals surface area (Å²) in [6, 6.07) is 10.7. The minimum absolute atomic E-state index is 0.0648. The molecule has 1 aromatic heterocycles. The van der Waals surface area contributed by atoms with Gasteiger partial charge >= 0.3 is 0 Å². The molecule has 0 bridgehead atoms. The highest BCUT2D eigenvalue weighted by atomic mass is 19.1. The van der Waals surface area contributed by atoms with Crippen molar-refractivity contribution in [3.05, 3.63) is 71.6 Å². The first-order chi connectivity index (χ1) is 16.3. The summed E-state index contributed by atoms with van der Waals surface area (Å²) in [4.78, 5) is 42.4. The fourth-order valence-corrected chi connectivity index (χ4v) is 3.62. The number of halogens is 1. The predicted molar refractivity (Wildman–Crippen MR) is 121 cm³/mol. The summed E-state index contributed by atoms with van der Waals surface area (Å²) in [6.45, 7) is 1.58. The lowest BCUT2D eigenvalue weighted by atomic mass is 10.1. The molecule has 34 heavy (non-hydrogen) atoms. The zero-order valence-corrected chi connectivity index (χ0v) is 18.8. The van der Waals surface area contributed by atoms with E-state index in [2.05, 4.69) is 15.4 Å². The zero-order valence-electron chi connectivity index (χ0n) is 18.8. The van der Waals surface area contributed by atoms with E-state index in [0.29, 0.717) is 29.8 Å². The third kappa shape index (κ3) is 5.11. The van der Waals surface area contributed by atoms with E-state index in [9.17, 15) is 18.8 Å². The van der Waals surface area contributed by atoms with Gasteiger partial charge in [-0.2, -0.15) is 0 Å². The van der Waals surface area contributed by atoms with Crippen LogP contribution in [0.1, 0.15) is 35.1 Å². The maximum Gasteiger partial charge on any atom is 0.291 e. The second-order valence-corrected chi connectivity index (χ2v) is 8.10. The molecule has 0 aliphatic carbocycles. The van der Waals surface area contributed by atoms with Crippen molar-refractivity contribution in [2.75, 3.05) is 18.6 Å². The molecule has 2 heterocycles. The Morgan fingerprint density at radius 2 is 2.03 bits per heavy atom. The van der Waals surface area contributed by atoms with Crippen molar-refractivity contribution in [1.82, 2.24) is 20.1 Å². The number of amides is 2. The maximum absolute atomic E-state index is 13.9. The highest BCUT2D eigenvalue weighted by Gasteiger charge is 2.31. The van der Waals surface area contributed by atoms with Crippen molar-refractivity contribution in [3.8, 4) is 5.75 Å². The molecule has 0 saturated carbocycles. The number of ether oxygens (including phenoxy) is 1. The molecule has 1 aliphatic heterocycles. The van der Waals surface area contributed by atoms with Gasteiger partial charge in [-0.3, -0.25) is 9.59 Å². The number of fused-ring (bicyclic) bond motifs is 1. The van der Waals surface area contributed by atoms with Gasteiger partial charge in [0.15, 0.2) is 0 Å². The minimum Gasteiger partial charge on any atom is -0.489 e. The van der Waals surface area contributed by atoms with Crippen LogP contribution >= 0.6 is 0 Å². The van der Waals surface area contributed by atoms with E-state index < -0.39 is 11.9 Å². The van der Waals surface area contributed by atoms with E-state index in [0.717, 1.165) is 5.56 Å². The number of aryl methyl sites for hydroxylation is 1. The summed E-state index contributed by atoms with van der Waals surface area (Å²) in [5.74, 6) is -0.926. The van der Waals surface area contributed by atoms with Crippen molar-refractivity contribution >= 4 is 23.3 Å². The number of hydrogen-bond acceptors (Lipinski definition) is 6. The van der Waals surface area contributed by atoms with Crippen LogP contribution in [0.25, 0.3) is 0 Å². The molecular weight excluding hydrogens is 441 g/mol. The average Bonchev–Trinajstić information content (AvgIpc) is 3.25. The van der Waals surface area contributed by atoms with E-state index in [1.54, 1.807) is 31.3 Å². The first kappa shape index (κ1) is 23.1. The van der Waals surface area contributed by atoms with Crippen LogP contribution in [-0.4, -0.2) is 52.1 Å². The van der Waals surface area contributed by atoms with Crippen LogP contribution in [0.2, 0.25) is 0 Å². The van der Waals surface area contributed by atoms with Crippen LogP contribution in [0.4, 0.5) is 10.1 Å². The molecule has 0 saturated heterocycles. The highest BCUT2D eigenvalue weighted by Crippen LogP contribution is 2.32. The monoisotopic (exact) mass is 465 g/mol. The number of hydrogen-bond donors (Lipinski definition) is 1. The number of nitrogens with one attached hydrogen (secondary N) is 1. The van der Waals surface area contributed by atoms with E-state index in [4.69, 9.17) is 4.74 Å². The Bertz CT molecular complexity index is 1240. The number of anilines is 1. The van der Waals surface area contributed by atoms with Crippen LogP contribution in [-0.2, 0) is 22.6 Å². The maximum atomic E-state index is 13.9. The third-order valence-electron chi connectivity index (χ3n) is 5.52. The summed E-state index contributed by atoms with van der Waals surface area (Å²) < 4.78 is 21.0. The third-order valence-corrected chi connectivity index (χ3v) is 5.52. The second kappa shape index (κ2) is 9.82. The van der Waals surface area contributed by atoms with E-state index >= 15 is 0 Å². The molecule has 4 rings (SSSR count). The number of carbonyl (C=O) groups excluding carboxylic acids is 3. The van der Waals surface area contributed by atoms with Gasteiger partial charge in [-0.05, 0) is 37.1 Å². The lowest BCUT2D eigenvalue weighted by Gasteiger charge is -2.20. The standard InChI is InChI=1S/C24H24FN5O4/c1-15(31)7-8-16-9-10-21-20(11-16)29(2)24(33)19(13-34-21)27-23(32)22-26-14-30(28-22)12-17-5-3-4-6-18(17)25/h3-6,9-11,14,19H,7-8,12-13H2,1-2H3,(H,27,32). The number of aromatic nitrogens is 3. The van der Waals surface area contributed by atoms with Crippen LogP contribution in [0.15, 0.2) is 48.8 Å². The number of benzene rings is 2. The lowest BCUT2D eigenvalue weighted by molar-refractivity contribution is -0.120. The van der Waals surface area contributed by atoms with Crippen molar-refractivity contribution in [3.63, 3.8) is 0 Å². The van der Waals surface area contributed by atoms with E-state index in [-0.39, 0.29) is 36.5 Å². The molecule has 0 radical (unpaired) electrons. The van der Waals surface area contributed by atoms with Crippen LogP contribution in [0.3, 0.4) is 0 Å². The van der Waals surface area contributed by atoms with Gasteiger partial charge < -0.3 is 19.7 Å². The fraction of sp³-hybridized carbons (Fsp3) is 0.292. The Labute approximate surface area is 195 Å². The molecule has 1 aliphatic rings. The molecule has 10 heteroatoms. The molecule has 176 valence electrons. The van der Waals surface area contributed by atoms with Crippen molar-refractivity contribution < 1.29 is 23.5 Å². The fourth-order valence-electron chi connectivity index (χ4n) is 3.62. The quantitative estimate of drug-likeness (QED) is 0.573. The summed E-state index contributed by atoms with van der Waals surface area (Å²) in [5.41, 5.74) is 1.88. The van der Waals surface area contributed by atoms with Gasteiger partial charge in [0.25, 0.3) is 11.8 Å². The SMILES string of the molecule is CC(=O)CCc1ccc2c(c1)N(C)C(=O)C(NC(=O)c1ncn(Cc3ccccc3F)n1)CO2. The summed E-state index contributed by atoms with van der Waals surface area (Å²) in [7, 11) is 1.60.